The van der Waals surface area contributed by atoms with Crippen molar-refractivity contribution in [1.82, 2.24) is 25.0 Å². The van der Waals surface area contributed by atoms with Crippen LogP contribution in [0, 0.1) is 0 Å². The molecule has 3 aromatic heterocycles. The summed E-state index contributed by atoms with van der Waals surface area (Å²) in [6.07, 6.45) is 0.472. The molecular formula is C12H11N5O3S. The molecule has 0 bridgehead atoms. The number of aromatic amines is 1. The van der Waals surface area contributed by atoms with Crippen molar-refractivity contribution < 1.29 is 9.90 Å². The van der Waals surface area contributed by atoms with E-state index in [9.17, 15) is 9.59 Å². The Morgan fingerprint density at radius 1 is 1.52 bits per heavy atom. The lowest BCUT2D eigenvalue weighted by atomic mass is 10.2. The fraction of sp³-hybridized carbons (Fsp3) is 0.250. The van der Waals surface area contributed by atoms with E-state index < -0.39 is 5.97 Å². The molecule has 21 heavy (non-hydrogen) atoms. The van der Waals surface area contributed by atoms with Crippen molar-refractivity contribution in [1.29, 1.82) is 0 Å². The molecule has 0 fully saturated rings. The first-order valence-corrected chi connectivity index (χ1v) is 7.10. The number of nitrogens with zero attached hydrogens (tertiary/aromatic N) is 4. The molecule has 0 aliphatic rings. The first-order valence-electron chi connectivity index (χ1n) is 6.22. The average molecular weight is 305 g/mol. The first-order chi connectivity index (χ1) is 10.1. The van der Waals surface area contributed by atoms with Crippen LogP contribution in [0.1, 0.15) is 28.9 Å². The van der Waals surface area contributed by atoms with Gasteiger partial charge in [-0.05, 0) is 17.9 Å². The highest BCUT2D eigenvalue weighted by molar-refractivity contribution is 7.17. The molecule has 0 spiro atoms. The minimum absolute atomic E-state index is 0.0727. The Morgan fingerprint density at radius 3 is 3.05 bits per heavy atom. The number of thiophene rings is 1. The van der Waals surface area contributed by atoms with E-state index in [-0.39, 0.29) is 17.8 Å². The van der Waals surface area contributed by atoms with Crippen LogP contribution in [-0.2, 0) is 13.0 Å². The van der Waals surface area contributed by atoms with E-state index in [0.29, 0.717) is 28.2 Å². The third-order valence-corrected chi connectivity index (χ3v) is 3.94. The van der Waals surface area contributed by atoms with Gasteiger partial charge in [-0.3, -0.25) is 4.79 Å². The van der Waals surface area contributed by atoms with Gasteiger partial charge in [-0.25, -0.2) is 14.5 Å². The Labute approximate surface area is 122 Å². The van der Waals surface area contributed by atoms with Crippen molar-refractivity contribution in [3.63, 3.8) is 0 Å². The maximum absolute atomic E-state index is 11.9. The Hall–Kier alpha value is -2.55. The zero-order chi connectivity index (χ0) is 15.0. The summed E-state index contributed by atoms with van der Waals surface area (Å²) in [5.41, 5.74) is 0.837. The van der Waals surface area contributed by atoms with Crippen LogP contribution < -0.4 is 5.56 Å². The van der Waals surface area contributed by atoms with Crippen LogP contribution in [0.4, 0.5) is 0 Å². The molecule has 9 heteroatoms. The molecule has 0 aromatic carbocycles. The highest BCUT2D eigenvalue weighted by Gasteiger charge is 2.18. The molecule has 0 atom stereocenters. The van der Waals surface area contributed by atoms with Gasteiger partial charge in [0.05, 0.1) is 11.2 Å². The summed E-state index contributed by atoms with van der Waals surface area (Å²) in [5.74, 6) is -0.699. The van der Waals surface area contributed by atoms with Crippen LogP contribution in [0.3, 0.4) is 0 Å². The minimum atomic E-state index is -1.12. The Balaban J connectivity index is 2.02. The molecule has 3 rings (SSSR count). The van der Waals surface area contributed by atoms with Crippen molar-refractivity contribution in [3.8, 4) is 0 Å². The number of aromatic carboxylic acids is 1. The van der Waals surface area contributed by atoms with Crippen LogP contribution in [0.25, 0.3) is 10.2 Å². The van der Waals surface area contributed by atoms with E-state index >= 15 is 0 Å². The lowest BCUT2D eigenvalue weighted by Gasteiger charge is -2.04. The third-order valence-electron chi connectivity index (χ3n) is 3.04. The molecule has 0 radical (unpaired) electrons. The summed E-state index contributed by atoms with van der Waals surface area (Å²) in [6, 6.07) is 1.77. The third kappa shape index (κ3) is 2.31. The molecule has 8 nitrogen and oxygen atoms in total. The largest absolute Gasteiger partial charge is 0.476 e. The van der Waals surface area contributed by atoms with Crippen LogP contribution in [-0.4, -0.2) is 36.0 Å². The first kappa shape index (κ1) is 13.4. The fourth-order valence-electron chi connectivity index (χ4n) is 2.11. The quantitative estimate of drug-likeness (QED) is 0.739. The molecule has 2 N–H and O–H groups in total. The van der Waals surface area contributed by atoms with Gasteiger partial charge >= 0.3 is 5.97 Å². The van der Waals surface area contributed by atoms with E-state index in [1.807, 2.05) is 6.92 Å². The second-order valence-electron chi connectivity index (χ2n) is 4.35. The number of H-pyrrole nitrogens is 1. The maximum Gasteiger partial charge on any atom is 0.358 e. The zero-order valence-corrected chi connectivity index (χ0v) is 11.8. The molecule has 0 aliphatic heterocycles. The van der Waals surface area contributed by atoms with E-state index in [1.165, 1.54) is 16.0 Å². The van der Waals surface area contributed by atoms with Gasteiger partial charge < -0.3 is 10.1 Å². The van der Waals surface area contributed by atoms with Crippen LogP contribution in [0.15, 0.2) is 16.2 Å². The monoisotopic (exact) mass is 305 g/mol. The summed E-state index contributed by atoms with van der Waals surface area (Å²) in [6.45, 7) is 1.99. The van der Waals surface area contributed by atoms with Gasteiger partial charge in [0.15, 0.2) is 5.69 Å². The Morgan fingerprint density at radius 2 is 2.33 bits per heavy atom. The number of rotatable bonds is 4. The fourth-order valence-corrected chi connectivity index (χ4v) is 2.84. The highest BCUT2D eigenvalue weighted by atomic mass is 32.1. The highest BCUT2D eigenvalue weighted by Crippen LogP contribution is 2.14. The smallest absolute Gasteiger partial charge is 0.358 e. The molecule has 108 valence electrons. The van der Waals surface area contributed by atoms with Gasteiger partial charge in [-0.15, -0.1) is 16.4 Å². The summed E-state index contributed by atoms with van der Waals surface area (Å²) >= 11 is 1.33. The summed E-state index contributed by atoms with van der Waals surface area (Å²) in [5, 5.41) is 18.3. The number of carbonyl (C=O) groups is 1. The number of carboxylic acid groups (broad SMARTS) is 1. The van der Waals surface area contributed by atoms with E-state index in [0.717, 1.165) is 0 Å². The van der Waals surface area contributed by atoms with Crippen LogP contribution in [0.5, 0.6) is 0 Å². The molecule has 0 amide bonds. The van der Waals surface area contributed by atoms with Crippen molar-refractivity contribution >= 4 is 27.5 Å². The maximum atomic E-state index is 11.9. The number of aromatic nitrogens is 5. The second kappa shape index (κ2) is 5.09. The van der Waals surface area contributed by atoms with E-state index in [4.69, 9.17) is 5.11 Å². The number of hydrogen-bond donors (Lipinski definition) is 2. The van der Waals surface area contributed by atoms with Crippen molar-refractivity contribution in [2.45, 2.75) is 19.9 Å². The molecule has 0 saturated carbocycles. The van der Waals surface area contributed by atoms with Gasteiger partial charge in [0.2, 0.25) is 0 Å². The van der Waals surface area contributed by atoms with Crippen molar-refractivity contribution in [3.05, 3.63) is 39.0 Å². The van der Waals surface area contributed by atoms with Crippen molar-refractivity contribution in [2.24, 2.45) is 0 Å². The van der Waals surface area contributed by atoms with Gasteiger partial charge in [-0.2, -0.15) is 0 Å². The number of fused-ring (bicyclic) bond motifs is 1. The Bertz CT molecular complexity index is 879. The predicted molar refractivity (Wildman–Crippen MR) is 75.7 cm³/mol. The number of carboxylic acids is 1. The van der Waals surface area contributed by atoms with Crippen molar-refractivity contribution in [2.75, 3.05) is 0 Å². The molecule has 0 aliphatic carbocycles. The molecule has 0 unspecified atom stereocenters. The topological polar surface area (TPSA) is 114 Å². The van der Waals surface area contributed by atoms with E-state index in [2.05, 4.69) is 20.3 Å². The zero-order valence-electron chi connectivity index (χ0n) is 11.0. The van der Waals surface area contributed by atoms with Gasteiger partial charge in [0.1, 0.15) is 17.1 Å². The van der Waals surface area contributed by atoms with Gasteiger partial charge in [0.25, 0.3) is 5.56 Å². The normalized spacial score (nSPS) is 11.1. The standard InChI is InChI=1S/C12H11N5O3S/c1-2-7-9(12(19)20)15-16-17(7)5-8-13-6-3-4-21-10(6)11(18)14-8/h3-4H,2,5H2,1H3,(H,19,20)(H,13,14,18). The lowest BCUT2D eigenvalue weighted by Crippen LogP contribution is -2.15. The molecule has 0 saturated heterocycles. The number of nitrogens with one attached hydrogen (secondary N) is 1. The molecule has 3 aromatic rings. The second-order valence-corrected chi connectivity index (χ2v) is 5.26. The summed E-state index contributed by atoms with van der Waals surface area (Å²) < 4.78 is 2.01. The van der Waals surface area contributed by atoms with E-state index in [1.54, 1.807) is 11.4 Å². The predicted octanol–water partition coefficient (Wildman–Crippen LogP) is 0.885. The number of hydrogen-bond acceptors (Lipinski definition) is 6. The van der Waals surface area contributed by atoms with Gasteiger partial charge in [-0.1, -0.05) is 12.1 Å². The average Bonchev–Trinajstić information content (AvgIpc) is 3.05. The molecule has 3 heterocycles. The molecular weight excluding hydrogens is 294 g/mol. The summed E-state index contributed by atoms with van der Waals surface area (Å²) in [7, 11) is 0. The summed E-state index contributed by atoms with van der Waals surface area (Å²) in [4.78, 5) is 30.0. The minimum Gasteiger partial charge on any atom is -0.476 e. The van der Waals surface area contributed by atoms with Gasteiger partial charge in [0, 0.05) is 0 Å². The Kier molecular flexibility index (Phi) is 3.26. The van der Waals surface area contributed by atoms with Crippen LogP contribution >= 0.6 is 11.3 Å². The lowest BCUT2D eigenvalue weighted by molar-refractivity contribution is 0.0689. The SMILES string of the molecule is CCc1c(C(=O)O)nnn1Cc1nc2ccsc2c(=O)[nH]1. The van der Waals surface area contributed by atoms with Crippen LogP contribution in [0.2, 0.25) is 0 Å².